The monoisotopic (exact) mass is 333 g/mol. The minimum Gasteiger partial charge on any atom is -0.294 e. The molecule has 0 aliphatic carbocycles. The quantitative estimate of drug-likeness (QED) is 0.686. The number of nitrogens with zero attached hydrogens (tertiary/aromatic N) is 1. The van der Waals surface area contributed by atoms with Crippen LogP contribution in [0, 0.1) is 0 Å². The van der Waals surface area contributed by atoms with Crippen molar-refractivity contribution in [3.8, 4) is 0 Å². The van der Waals surface area contributed by atoms with Crippen molar-refractivity contribution in [3.05, 3.63) is 65.3 Å². The molecule has 0 radical (unpaired) electrons. The second-order valence-electron chi connectivity index (χ2n) is 4.87. The van der Waals surface area contributed by atoms with Crippen molar-refractivity contribution in [1.82, 2.24) is 3.97 Å². The van der Waals surface area contributed by atoms with Crippen LogP contribution in [0.5, 0.6) is 0 Å². The van der Waals surface area contributed by atoms with Crippen LogP contribution >= 0.6 is 11.6 Å². The zero-order valence-corrected chi connectivity index (χ0v) is 13.2. The minimum atomic E-state index is -3.77. The molecule has 0 aliphatic heterocycles. The van der Waals surface area contributed by atoms with Gasteiger partial charge in [0.15, 0.2) is 5.78 Å². The van der Waals surface area contributed by atoms with Gasteiger partial charge < -0.3 is 0 Å². The van der Waals surface area contributed by atoms with Gasteiger partial charge in [-0.25, -0.2) is 12.4 Å². The molecule has 22 heavy (non-hydrogen) atoms. The predicted molar refractivity (Wildman–Crippen MR) is 86.0 cm³/mol. The number of halogens is 1. The summed E-state index contributed by atoms with van der Waals surface area (Å²) < 4.78 is 26.7. The van der Waals surface area contributed by atoms with Crippen molar-refractivity contribution in [3.63, 3.8) is 0 Å². The second kappa shape index (κ2) is 5.26. The van der Waals surface area contributed by atoms with E-state index in [4.69, 9.17) is 11.6 Å². The molecule has 1 aromatic heterocycles. The number of benzene rings is 2. The van der Waals surface area contributed by atoms with Crippen LogP contribution in [0.15, 0.2) is 59.6 Å². The van der Waals surface area contributed by atoms with Crippen LogP contribution in [0.2, 0.25) is 5.02 Å². The van der Waals surface area contributed by atoms with Crippen LogP contribution < -0.4 is 0 Å². The summed E-state index contributed by atoms with van der Waals surface area (Å²) in [6, 6.07) is 12.9. The Labute approximate surface area is 133 Å². The molecule has 0 amide bonds. The van der Waals surface area contributed by atoms with E-state index >= 15 is 0 Å². The van der Waals surface area contributed by atoms with Crippen molar-refractivity contribution in [1.29, 1.82) is 0 Å². The summed E-state index contributed by atoms with van der Waals surface area (Å²) in [5.74, 6) is -0.214. The maximum Gasteiger partial charge on any atom is 0.268 e. The molecule has 0 atom stereocenters. The number of hydrogen-bond donors (Lipinski definition) is 0. The highest BCUT2D eigenvalue weighted by atomic mass is 35.5. The standard InChI is InChI=1S/C16H12ClNO3S/c1-11(19)15-10-18(16-8-7-12(17)9-14(15)16)22(20,21)13-5-3-2-4-6-13/h2-10H,1H3. The van der Waals surface area contributed by atoms with Gasteiger partial charge in [-0.3, -0.25) is 4.79 Å². The molecule has 0 saturated carbocycles. The highest BCUT2D eigenvalue weighted by molar-refractivity contribution is 7.90. The fourth-order valence-electron chi connectivity index (χ4n) is 2.36. The van der Waals surface area contributed by atoms with E-state index in [1.165, 1.54) is 25.3 Å². The average molecular weight is 334 g/mol. The molecule has 3 aromatic rings. The summed E-state index contributed by atoms with van der Waals surface area (Å²) in [5.41, 5.74) is 0.760. The van der Waals surface area contributed by atoms with Gasteiger partial charge in [-0.2, -0.15) is 0 Å². The minimum absolute atomic E-state index is 0.164. The molecule has 0 saturated heterocycles. The molecular formula is C16H12ClNO3S. The Hall–Kier alpha value is -2.11. The summed E-state index contributed by atoms with van der Waals surface area (Å²) in [5, 5.41) is 0.976. The van der Waals surface area contributed by atoms with Crippen LogP contribution in [0.4, 0.5) is 0 Å². The van der Waals surface area contributed by atoms with E-state index in [9.17, 15) is 13.2 Å². The van der Waals surface area contributed by atoms with Crippen molar-refractivity contribution in [2.24, 2.45) is 0 Å². The lowest BCUT2D eigenvalue weighted by Gasteiger charge is -2.07. The van der Waals surface area contributed by atoms with E-state index in [0.29, 0.717) is 21.5 Å². The zero-order valence-electron chi connectivity index (χ0n) is 11.7. The fourth-order valence-corrected chi connectivity index (χ4v) is 3.92. The lowest BCUT2D eigenvalue weighted by molar-refractivity contribution is 0.101. The Balaban J connectivity index is 2.35. The first-order valence-electron chi connectivity index (χ1n) is 6.53. The van der Waals surface area contributed by atoms with Crippen molar-refractivity contribution in [2.45, 2.75) is 11.8 Å². The molecule has 2 aromatic carbocycles. The molecular weight excluding hydrogens is 322 g/mol. The van der Waals surface area contributed by atoms with Gasteiger partial charge in [-0.1, -0.05) is 29.8 Å². The highest BCUT2D eigenvalue weighted by Gasteiger charge is 2.22. The number of carbonyl (C=O) groups is 1. The molecule has 0 unspecified atom stereocenters. The van der Waals surface area contributed by atoms with Crippen LogP contribution in [-0.4, -0.2) is 18.2 Å². The van der Waals surface area contributed by atoms with Crippen LogP contribution in [0.25, 0.3) is 10.9 Å². The third kappa shape index (κ3) is 2.32. The lowest BCUT2D eigenvalue weighted by atomic mass is 10.1. The van der Waals surface area contributed by atoms with Gasteiger partial charge in [0.05, 0.1) is 10.4 Å². The molecule has 0 bridgehead atoms. The van der Waals surface area contributed by atoms with Crippen LogP contribution in [0.1, 0.15) is 17.3 Å². The summed E-state index contributed by atoms with van der Waals surface area (Å²) in [7, 11) is -3.77. The molecule has 4 nitrogen and oxygen atoms in total. The summed E-state index contributed by atoms with van der Waals surface area (Å²) in [6.45, 7) is 1.40. The smallest absolute Gasteiger partial charge is 0.268 e. The number of Topliss-reactive ketones (excluding diaryl/α,β-unsaturated/α-hetero) is 1. The van der Waals surface area contributed by atoms with Gasteiger partial charge in [-0.05, 0) is 37.3 Å². The van der Waals surface area contributed by atoms with Gasteiger partial charge in [0.25, 0.3) is 10.0 Å². The van der Waals surface area contributed by atoms with E-state index in [2.05, 4.69) is 0 Å². The average Bonchev–Trinajstić information content (AvgIpc) is 2.87. The van der Waals surface area contributed by atoms with E-state index in [1.54, 1.807) is 36.4 Å². The second-order valence-corrected chi connectivity index (χ2v) is 7.13. The fraction of sp³-hybridized carbons (Fsp3) is 0.0625. The number of ketones is 1. The SMILES string of the molecule is CC(=O)c1cn(S(=O)(=O)c2ccccc2)c2ccc(Cl)cc12. The van der Waals surface area contributed by atoms with Crippen molar-refractivity contribution >= 4 is 38.3 Å². The van der Waals surface area contributed by atoms with Gasteiger partial charge in [0.2, 0.25) is 0 Å². The Morgan fingerprint density at radius 2 is 1.77 bits per heavy atom. The maximum absolute atomic E-state index is 12.8. The molecule has 3 rings (SSSR count). The van der Waals surface area contributed by atoms with E-state index in [1.807, 2.05) is 0 Å². The number of hydrogen-bond acceptors (Lipinski definition) is 3. The van der Waals surface area contributed by atoms with E-state index < -0.39 is 10.0 Å². The Morgan fingerprint density at radius 3 is 2.41 bits per heavy atom. The van der Waals surface area contributed by atoms with Gasteiger partial charge in [0.1, 0.15) is 0 Å². The molecule has 6 heteroatoms. The first-order valence-corrected chi connectivity index (χ1v) is 8.35. The molecule has 0 aliphatic rings. The van der Waals surface area contributed by atoms with Gasteiger partial charge in [-0.15, -0.1) is 0 Å². The first kappa shape index (κ1) is 14.8. The maximum atomic E-state index is 12.8. The van der Waals surface area contributed by atoms with Gasteiger partial charge >= 0.3 is 0 Å². The van der Waals surface area contributed by atoms with Crippen LogP contribution in [0.3, 0.4) is 0 Å². The topological polar surface area (TPSA) is 56.1 Å². The normalized spacial score (nSPS) is 11.7. The molecule has 0 N–H and O–H groups in total. The van der Waals surface area contributed by atoms with Crippen molar-refractivity contribution in [2.75, 3.05) is 0 Å². The first-order chi connectivity index (χ1) is 10.4. The third-order valence-electron chi connectivity index (χ3n) is 3.41. The molecule has 0 spiro atoms. The summed E-state index contributed by atoms with van der Waals surface area (Å²) in [4.78, 5) is 12.0. The Bertz CT molecular complexity index is 975. The third-order valence-corrected chi connectivity index (χ3v) is 5.33. The number of aromatic nitrogens is 1. The summed E-state index contributed by atoms with van der Waals surface area (Å²) in [6.07, 6.45) is 1.35. The van der Waals surface area contributed by atoms with Crippen LogP contribution in [-0.2, 0) is 10.0 Å². The predicted octanol–water partition coefficient (Wildman–Crippen LogP) is 3.73. The largest absolute Gasteiger partial charge is 0.294 e. The lowest BCUT2D eigenvalue weighted by Crippen LogP contribution is -2.11. The van der Waals surface area contributed by atoms with Crippen molar-refractivity contribution < 1.29 is 13.2 Å². The van der Waals surface area contributed by atoms with E-state index in [-0.39, 0.29) is 10.7 Å². The number of rotatable bonds is 3. The van der Waals surface area contributed by atoms with E-state index in [0.717, 1.165) is 3.97 Å². The molecule has 1 heterocycles. The van der Waals surface area contributed by atoms with Gasteiger partial charge in [0, 0.05) is 22.2 Å². The highest BCUT2D eigenvalue weighted by Crippen LogP contribution is 2.28. The Morgan fingerprint density at radius 1 is 1.09 bits per heavy atom. The molecule has 112 valence electrons. The zero-order chi connectivity index (χ0) is 15.9. The Kier molecular flexibility index (Phi) is 3.54. The number of fused-ring (bicyclic) bond motifs is 1. The molecule has 0 fully saturated rings. The number of carbonyl (C=O) groups excluding carboxylic acids is 1. The summed E-state index contributed by atoms with van der Waals surface area (Å²) >= 11 is 5.97.